The van der Waals surface area contributed by atoms with Gasteiger partial charge in [0.15, 0.2) is 0 Å². The van der Waals surface area contributed by atoms with E-state index >= 15 is 0 Å². The Morgan fingerprint density at radius 3 is 2.82 bits per heavy atom. The zero-order valence-electron chi connectivity index (χ0n) is 10.5. The fourth-order valence-corrected chi connectivity index (χ4v) is 1.73. The van der Waals surface area contributed by atoms with Crippen LogP contribution in [0.4, 0.5) is 0 Å². The smallest absolute Gasteiger partial charge is 0.242 e. The van der Waals surface area contributed by atoms with Crippen LogP contribution in [0.2, 0.25) is 0 Å². The SMILES string of the molecule is CCCN(CC(=O)NC)C(=O)C1COCCN1. The molecule has 0 aromatic rings. The number of hydrogen-bond acceptors (Lipinski definition) is 4. The molecule has 1 atom stereocenters. The number of likely N-dealkylation sites (N-methyl/N-ethyl adjacent to an activating group) is 1. The molecular weight excluding hydrogens is 222 g/mol. The van der Waals surface area contributed by atoms with Crippen molar-refractivity contribution in [1.82, 2.24) is 15.5 Å². The molecule has 0 aromatic heterocycles. The molecule has 1 fully saturated rings. The van der Waals surface area contributed by atoms with Crippen molar-refractivity contribution in [3.05, 3.63) is 0 Å². The van der Waals surface area contributed by atoms with E-state index in [0.29, 0.717) is 26.3 Å². The van der Waals surface area contributed by atoms with Crippen LogP contribution in [-0.4, -0.2) is 62.7 Å². The van der Waals surface area contributed by atoms with Gasteiger partial charge in [0.1, 0.15) is 6.04 Å². The third-order valence-corrected chi connectivity index (χ3v) is 2.64. The summed E-state index contributed by atoms with van der Waals surface area (Å²) in [7, 11) is 1.57. The van der Waals surface area contributed by atoms with Crippen LogP contribution in [0.5, 0.6) is 0 Å². The lowest BCUT2D eigenvalue weighted by molar-refractivity contribution is -0.140. The molecule has 6 heteroatoms. The maximum atomic E-state index is 12.1. The number of carbonyl (C=O) groups is 2. The summed E-state index contributed by atoms with van der Waals surface area (Å²) < 4.78 is 5.25. The van der Waals surface area contributed by atoms with Gasteiger partial charge in [0.2, 0.25) is 11.8 Å². The Morgan fingerprint density at radius 1 is 1.53 bits per heavy atom. The Bertz CT molecular complexity index is 265. The average Bonchev–Trinajstić information content (AvgIpc) is 2.38. The fraction of sp³-hybridized carbons (Fsp3) is 0.818. The van der Waals surface area contributed by atoms with Crippen molar-refractivity contribution in [1.29, 1.82) is 0 Å². The first-order valence-electron chi connectivity index (χ1n) is 5.99. The topological polar surface area (TPSA) is 70.7 Å². The minimum Gasteiger partial charge on any atom is -0.378 e. The Kier molecular flexibility index (Phi) is 5.93. The van der Waals surface area contributed by atoms with Crippen molar-refractivity contribution in [2.75, 3.05) is 39.9 Å². The number of amides is 2. The second kappa shape index (κ2) is 7.24. The molecule has 1 rings (SSSR count). The summed E-state index contributed by atoms with van der Waals surface area (Å²) in [5, 5.41) is 5.63. The number of hydrogen-bond donors (Lipinski definition) is 2. The minimum absolute atomic E-state index is 0.0600. The minimum atomic E-state index is -0.319. The zero-order chi connectivity index (χ0) is 12.7. The van der Waals surface area contributed by atoms with Crippen LogP contribution >= 0.6 is 0 Å². The van der Waals surface area contributed by atoms with Gasteiger partial charge in [-0.3, -0.25) is 9.59 Å². The number of nitrogens with one attached hydrogen (secondary N) is 2. The maximum Gasteiger partial charge on any atom is 0.242 e. The number of morpholine rings is 1. The highest BCUT2D eigenvalue weighted by Crippen LogP contribution is 2.01. The third-order valence-electron chi connectivity index (χ3n) is 2.64. The van der Waals surface area contributed by atoms with E-state index in [-0.39, 0.29) is 24.4 Å². The normalized spacial score (nSPS) is 19.8. The Morgan fingerprint density at radius 2 is 2.29 bits per heavy atom. The highest BCUT2D eigenvalue weighted by Gasteiger charge is 2.26. The first-order valence-corrected chi connectivity index (χ1v) is 5.99. The molecule has 1 aliphatic heterocycles. The van der Waals surface area contributed by atoms with Gasteiger partial charge >= 0.3 is 0 Å². The van der Waals surface area contributed by atoms with Gasteiger partial charge in [-0.2, -0.15) is 0 Å². The maximum absolute atomic E-state index is 12.1. The van der Waals surface area contributed by atoms with Crippen molar-refractivity contribution in [3.63, 3.8) is 0 Å². The van der Waals surface area contributed by atoms with E-state index in [2.05, 4.69) is 10.6 Å². The highest BCUT2D eigenvalue weighted by molar-refractivity contribution is 5.87. The molecule has 1 aliphatic rings. The van der Waals surface area contributed by atoms with E-state index in [4.69, 9.17) is 4.74 Å². The molecule has 98 valence electrons. The molecule has 2 amide bonds. The second-order valence-electron chi connectivity index (χ2n) is 4.01. The Hall–Kier alpha value is -1.14. The summed E-state index contributed by atoms with van der Waals surface area (Å²) in [6.45, 7) is 4.37. The van der Waals surface area contributed by atoms with E-state index in [1.165, 1.54) is 0 Å². The van der Waals surface area contributed by atoms with Crippen molar-refractivity contribution in [2.24, 2.45) is 0 Å². The molecule has 0 aromatic carbocycles. The van der Waals surface area contributed by atoms with E-state index in [0.717, 1.165) is 6.42 Å². The van der Waals surface area contributed by atoms with Gasteiger partial charge in [0.25, 0.3) is 0 Å². The lowest BCUT2D eigenvalue weighted by Gasteiger charge is -2.29. The molecule has 0 spiro atoms. The summed E-state index contributed by atoms with van der Waals surface area (Å²) in [5.74, 6) is -0.210. The van der Waals surface area contributed by atoms with E-state index in [9.17, 15) is 9.59 Å². The molecule has 0 bridgehead atoms. The van der Waals surface area contributed by atoms with Crippen LogP contribution < -0.4 is 10.6 Å². The van der Waals surface area contributed by atoms with Crippen LogP contribution in [-0.2, 0) is 14.3 Å². The number of rotatable bonds is 5. The van der Waals surface area contributed by atoms with Gasteiger partial charge in [0.05, 0.1) is 19.8 Å². The predicted molar refractivity (Wildman–Crippen MR) is 63.5 cm³/mol. The van der Waals surface area contributed by atoms with Crippen LogP contribution in [0.15, 0.2) is 0 Å². The first kappa shape index (κ1) is 13.9. The zero-order valence-corrected chi connectivity index (χ0v) is 10.5. The van der Waals surface area contributed by atoms with Gasteiger partial charge in [-0.25, -0.2) is 0 Å². The van der Waals surface area contributed by atoms with E-state index < -0.39 is 0 Å². The monoisotopic (exact) mass is 243 g/mol. The standard InChI is InChI=1S/C11H21N3O3/c1-3-5-14(7-10(15)12-2)11(16)9-8-17-6-4-13-9/h9,13H,3-8H2,1-2H3,(H,12,15). The number of carbonyl (C=O) groups excluding carboxylic acids is 2. The van der Waals surface area contributed by atoms with Gasteiger partial charge in [0, 0.05) is 20.1 Å². The van der Waals surface area contributed by atoms with Crippen LogP contribution in [0.1, 0.15) is 13.3 Å². The molecule has 1 unspecified atom stereocenters. The summed E-state index contributed by atoms with van der Waals surface area (Å²) in [6, 6.07) is -0.319. The van der Waals surface area contributed by atoms with E-state index in [1.807, 2.05) is 6.92 Å². The molecule has 2 N–H and O–H groups in total. The lowest BCUT2D eigenvalue weighted by atomic mass is 10.2. The summed E-state index contributed by atoms with van der Waals surface area (Å²) in [5.41, 5.74) is 0. The van der Waals surface area contributed by atoms with E-state index in [1.54, 1.807) is 11.9 Å². The fourth-order valence-electron chi connectivity index (χ4n) is 1.73. The largest absolute Gasteiger partial charge is 0.378 e. The highest BCUT2D eigenvalue weighted by atomic mass is 16.5. The number of ether oxygens (including phenoxy) is 1. The lowest BCUT2D eigenvalue weighted by Crippen LogP contribution is -2.54. The van der Waals surface area contributed by atoms with Crippen LogP contribution in [0.25, 0.3) is 0 Å². The predicted octanol–water partition coefficient (Wildman–Crippen LogP) is -1.04. The Labute approximate surface area is 102 Å². The van der Waals surface area contributed by atoms with Crippen LogP contribution in [0, 0.1) is 0 Å². The number of nitrogens with zero attached hydrogens (tertiary/aromatic N) is 1. The molecule has 0 radical (unpaired) electrons. The van der Waals surface area contributed by atoms with Crippen molar-refractivity contribution < 1.29 is 14.3 Å². The summed E-state index contributed by atoms with van der Waals surface area (Å²) in [4.78, 5) is 25.0. The van der Waals surface area contributed by atoms with Gasteiger partial charge in [-0.15, -0.1) is 0 Å². The molecule has 1 heterocycles. The molecule has 17 heavy (non-hydrogen) atoms. The van der Waals surface area contributed by atoms with Crippen LogP contribution in [0.3, 0.4) is 0 Å². The average molecular weight is 243 g/mol. The van der Waals surface area contributed by atoms with Crippen molar-refractivity contribution in [3.8, 4) is 0 Å². The van der Waals surface area contributed by atoms with Gasteiger partial charge in [-0.1, -0.05) is 6.92 Å². The molecule has 0 aliphatic carbocycles. The first-order chi connectivity index (χ1) is 8.19. The third kappa shape index (κ3) is 4.32. The van der Waals surface area contributed by atoms with Gasteiger partial charge < -0.3 is 20.3 Å². The van der Waals surface area contributed by atoms with Crippen molar-refractivity contribution in [2.45, 2.75) is 19.4 Å². The molecule has 1 saturated heterocycles. The molecular formula is C11H21N3O3. The summed E-state index contributed by atoms with van der Waals surface area (Å²) in [6.07, 6.45) is 0.830. The quantitative estimate of drug-likeness (QED) is 0.647. The summed E-state index contributed by atoms with van der Waals surface area (Å²) >= 11 is 0. The molecule has 0 saturated carbocycles. The molecule has 6 nitrogen and oxygen atoms in total. The van der Waals surface area contributed by atoms with Crippen molar-refractivity contribution >= 4 is 11.8 Å². The van der Waals surface area contributed by atoms with Gasteiger partial charge in [-0.05, 0) is 6.42 Å². The second-order valence-corrected chi connectivity index (χ2v) is 4.01. The Balaban J connectivity index is 2.55.